The molecular formula is C14H17ClN4O. The Labute approximate surface area is 123 Å². The molecule has 0 bridgehead atoms. The molecule has 2 rings (SSSR count). The summed E-state index contributed by atoms with van der Waals surface area (Å²) in [6.45, 7) is 0.665. The predicted octanol–water partition coefficient (Wildman–Crippen LogP) is 3.10. The number of nitrogens with one attached hydrogen (secondary N) is 2. The molecule has 5 nitrogen and oxygen atoms in total. The lowest BCUT2D eigenvalue weighted by atomic mass is 10.1. The quantitative estimate of drug-likeness (QED) is 0.857. The molecule has 0 spiro atoms. The van der Waals surface area contributed by atoms with Gasteiger partial charge in [-0.2, -0.15) is 4.98 Å². The van der Waals surface area contributed by atoms with Crippen LogP contribution in [0.25, 0.3) is 0 Å². The van der Waals surface area contributed by atoms with Gasteiger partial charge in [0.15, 0.2) is 5.82 Å². The monoisotopic (exact) mass is 292 g/mol. The third-order valence-electron chi connectivity index (χ3n) is 2.81. The van der Waals surface area contributed by atoms with Crippen LogP contribution in [0.3, 0.4) is 0 Å². The van der Waals surface area contributed by atoms with Crippen molar-refractivity contribution in [2.75, 3.05) is 31.4 Å². The number of anilines is 3. The lowest BCUT2D eigenvalue weighted by Crippen LogP contribution is -2.04. The highest BCUT2D eigenvalue weighted by Crippen LogP contribution is 2.26. The molecule has 6 heteroatoms. The minimum absolute atomic E-state index is 0.477. The van der Waals surface area contributed by atoms with Gasteiger partial charge in [-0.1, -0.05) is 29.8 Å². The van der Waals surface area contributed by atoms with Crippen molar-refractivity contribution >= 4 is 29.1 Å². The molecule has 0 saturated heterocycles. The maximum absolute atomic E-state index is 6.12. The fourth-order valence-corrected chi connectivity index (χ4v) is 1.91. The predicted molar refractivity (Wildman–Crippen MR) is 81.9 cm³/mol. The molecule has 1 heterocycles. The normalized spacial score (nSPS) is 10.3. The van der Waals surface area contributed by atoms with Gasteiger partial charge in [0.25, 0.3) is 0 Å². The lowest BCUT2D eigenvalue weighted by Gasteiger charge is -2.12. The van der Waals surface area contributed by atoms with Crippen molar-refractivity contribution in [3.8, 4) is 0 Å². The number of hydrogen-bond acceptors (Lipinski definition) is 5. The summed E-state index contributed by atoms with van der Waals surface area (Å²) in [6, 6.07) is 8.00. The highest BCUT2D eigenvalue weighted by atomic mass is 35.5. The van der Waals surface area contributed by atoms with Gasteiger partial charge in [0.1, 0.15) is 5.02 Å². The molecule has 20 heavy (non-hydrogen) atoms. The van der Waals surface area contributed by atoms with Gasteiger partial charge in [0.05, 0.1) is 12.8 Å². The number of ether oxygens (including phenoxy) is 1. The second kappa shape index (κ2) is 7.07. The minimum atomic E-state index is 0.477. The summed E-state index contributed by atoms with van der Waals surface area (Å²) in [4.78, 5) is 8.37. The van der Waals surface area contributed by atoms with Crippen LogP contribution in [0.4, 0.5) is 17.5 Å². The molecule has 1 aromatic heterocycles. The standard InChI is InChI=1S/C14H17ClN4O/c1-16-14-17-9-11(15)13(19-14)18-12-6-4-3-5-10(12)7-8-20-2/h3-6,9H,7-8H2,1-2H3,(H2,16,17,18,19). The molecule has 0 atom stereocenters. The van der Waals surface area contributed by atoms with Crippen LogP contribution in [0.15, 0.2) is 30.5 Å². The number of nitrogens with zero attached hydrogens (tertiary/aromatic N) is 2. The topological polar surface area (TPSA) is 59.1 Å². The van der Waals surface area contributed by atoms with Crippen LogP contribution >= 0.6 is 11.6 Å². The van der Waals surface area contributed by atoms with Crippen molar-refractivity contribution in [1.29, 1.82) is 0 Å². The molecule has 106 valence electrons. The Morgan fingerprint density at radius 3 is 2.85 bits per heavy atom. The van der Waals surface area contributed by atoms with Gasteiger partial charge in [0.2, 0.25) is 5.95 Å². The third kappa shape index (κ3) is 3.59. The van der Waals surface area contributed by atoms with E-state index in [-0.39, 0.29) is 0 Å². The lowest BCUT2D eigenvalue weighted by molar-refractivity contribution is 0.202. The fourth-order valence-electron chi connectivity index (χ4n) is 1.78. The first-order chi connectivity index (χ1) is 9.74. The van der Waals surface area contributed by atoms with Gasteiger partial charge in [-0.15, -0.1) is 0 Å². The summed E-state index contributed by atoms with van der Waals surface area (Å²) in [6.07, 6.45) is 2.39. The van der Waals surface area contributed by atoms with Gasteiger partial charge in [-0.05, 0) is 18.1 Å². The average Bonchev–Trinajstić information content (AvgIpc) is 2.48. The minimum Gasteiger partial charge on any atom is -0.384 e. The first-order valence-electron chi connectivity index (χ1n) is 6.28. The zero-order chi connectivity index (χ0) is 14.4. The second-order valence-electron chi connectivity index (χ2n) is 4.17. The molecule has 2 N–H and O–H groups in total. The Kier molecular flexibility index (Phi) is 5.15. The molecule has 0 unspecified atom stereocenters. The maximum atomic E-state index is 6.12. The van der Waals surface area contributed by atoms with Crippen molar-refractivity contribution in [1.82, 2.24) is 9.97 Å². The van der Waals surface area contributed by atoms with Crippen molar-refractivity contribution in [3.63, 3.8) is 0 Å². The molecule has 0 amide bonds. The van der Waals surface area contributed by atoms with Crippen LogP contribution in [0.5, 0.6) is 0 Å². The highest BCUT2D eigenvalue weighted by Gasteiger charge is 2.08. The molecule has 0 saturated carbocycles. The number of rotatable bonds is 6. The summed E-state index contributed by atoms with van der Waals surface area (Å²) in [5, 5.41) is 6.61. The molecule has 0 aliphatic rings. The van der Waals surface area contributed by atoms with E-state index < -0.39 is 0 Å². The van der Waals surface area contributed by atoms with E-state index in [1.807, 2.05) is 18.2 Å². The van der Waals surface area contributed by atoms with E-state index in [0.29, 0.717) is 23.4 Å². The van der Waals surface area contributed by atoms with Crippen molar-refractivity contribution in [2.45, 2.75) is 6.42 Å². The van der Waals surface area contributed by atoms with Gasteiger partial charge >= 0.3 is 0 Å². The smallest absolute Gasteiger partial charge is 0.224 e. The fraction of sp³-hybridized carbons (Fsp3) is 0.286. The Bertz CT molecular complexity index is 577. The van der Waals surface area contributed by atoms with Crippen LogP contribution in [0.1, 0.15) is 5.56 Å². The zero-order valence-electron chi connectivity index (χ0n) is 11.5. The van der Waals surface area contributed by atoms with E-state index in [2.05, 4.69) is 26.7 Å². The van der Waals surface area contributed by atoms with Crippen molar-refractivity contribution < 1.29 is 4.74 Å². The summed E-state index contributed by atoms with van der Waals surface area (Å²) in [7, 11) is 3.45. The van der Waals surface area contributed by atoms with E-state index in [9.17, 15) is 0 Å². The Balaban J connectivity index is 2.25. The Hall–Kier alpha value is -1.85. The molecule has 0 fully saturated rings. The van der Waals surface area contributed by atoms with E-state index in [0.717, 1.165) is 17.7 Å². The first-order valence-corrected chi connectivity index (χ1v) is 6.66. The number of para-hydroxylation sites is 1. The summed E-state index contributed by atoms with van der Waals surface area (Å²) in [5.74, 6) is 1.10. The molecule has 0 radical (unpaired) electrons. The van der Waals surface area contributed by atoms with Gasteiger partial charge in [-0.3, -0.25) is 0 Å². The number of benzene rings is 1. The number of halogens is 1. The van der Waals surface area contributed by atoms with Gasteiger partial charge in [0, 0.05) is 19.8 Å². The maximum Gasteiger partial charge on any atom is 0.224 e. The average molecular weight is 293 g/mol. The van der Waals surface area contributed by atoms with E-state index in [1.54, 1.807) is 20.4 Å². The molecule has 0 aliphatic heterocycles. The molecule has 1 aromatic carbocycles. The van der Waals surface area contributed by atoms with Crippen molar-refractivity contribution in [2.24, 2.45) is 0 Å². The van der Waals surface area contributed by atoms with E-state index in [1.165, 1.54) is 0 Å². The number of methoxy groups -OCH3 is 1. The molecule has 2 aromatic rings. The van der Waals surface area contributed by atoms with Crippen LogP contribution in [-0.2, 0) is 11.2 Å². The molecule has 0 aliphatic carbocycles. The molecular weight excluding hydrogens is 276 g/mol. The van der Waals surface area contributed by atoms with Crippen LogP contribution in [-0.4, -0.2) is 30.7 Å². The SMILES string of the molecule is CNc1ncc(Cl)c(Nc2ccccc2CCOC)n1. The van der Waals surface area contributed by atoms with Gasteiger partial charge in [-0.25, -0.2) is 4.98 Å². The van der Waals surface area contributed by atoms with Gasteiger partial charge < -0.3 is 15.4 Å². The largest absolute Gasteiger partial charge is 0.384 e. The summed E-state index contributed by atoms with van der Waals surface area (Å²) < 4.78 is 5.12. The van der Waals surface area contributed by atoms with Crippen molar-refractivity contribution in [3.05, 3.63) is 41.0 Å². The third-order valence-corrected chi connectivity index (χ3v) is 3.09. The second-order valence-corrected chi connectivity index (χ2v) is 4.57. The zero-order valence-corrected chi connectivity index (χ0v) is 12.2. The highest BCUT2D eigenvalue weighted by molar-refractivity contribution is 6.32. The Morgan fingerprint density at radius 2 is 2.10 bits per heavy atom. The number of aromatic nitrogens is 2. The first kappa shape index (κ1) is 14.6. The summed E-state index contributed by atoms with van der Waals surface area (Å²) in [5.41, 5.74) is 2.11. The van der Waals surface area contributed by atoms with Crippen LogP contribution in [0, 0.1) is 0 Å². The summed E-state index contributed by atoms with van der Waals surface area (Å²) >= 11 is 6.12. The van der Waals surface area contributed by atoms with E-state index >= 15 is 0 Å². The van der Waals surface area contributed by atoms with E-state index in [4.69, 9.17) is 16.3 Å². The number of hydrogen-bond donors (Lipinski definition) is 2. The van der Waals surface area contributed by atoms with Crippen LogP contribution < -0.4 is 10.6 Å². The van der Waals surface area contributed by atoms with Crippen LogP contribution in [0.2, 0.25) is 5.02 Å². The Morgan fingerprint density at radius 1 is 1.30 bits per heavy atom.